The van der Waals surface area contributed by atoms with Crippen LogP contribution >= 0.6 is 0 Å². The molecule has 0 spiro atoms. The van der Waals surface area contributed by atoms with Crippen LogP contribution in [0.3, 0.4) is 0 Å². The second-order valence-corrected chi connectivity index (χ2v) is 6.14. The smallest absolute Gasteiger partial charge is 0.225 e. The molecule has 0 aliphatic carbocycles. The maximum atomic E-state index is 5.58. The van der Waals surface area contributed by atoms with Gasteiger partial charge in [0.15, 0.2) is 0 Å². The Hall–Kier alpha value is -1.20. The fourth-order valence-corrected chi connectivity index (χ4v) is 2.23. The summed E-state index contributed by atoms with van der Waals surface area (Å²) in [5, 5.41) is 0. The Labute approximate surface area is 115 Å². The fourth-order valence-electron chi connectivity index (χ4n) is 2.23. The number of nitrogens with zero attached hydrogens (tertiary/aromatic N) is 4. The molecule has 106 valence electrons. The summed E-state index contributed by atoms with van der Waals surface area (Å²) in [6, 6.07) is 0. The van der Waals surface area contributed by atoms with Crippen molar-refractivity contribution < 1.29 is 0 Å². The van der Waals surface area contributed by atoms with Crippen molar-refractivity contribution in [2.75, 3.05) is 44.2 Å². The summed E-state index contributed by atoms with van der Waals surface area (Å²) in [6.07, 6.45) is 3.91. The molecule has 0 saturated carbocycles. The van der Waals surface area contributed by atoms with Crippen LogP contribution in [0.2, 0.25) is 0 Å². The average Bonchev–Trinajstić information content (AvgIpc) is 2.39. The quantitative estimate of drug-likeness (QED) is 0.876. The summed E-state index contributed by atoms with van der Waals surface area (Å²) in [7, 11) is 0. The van der Waals surface area contributed by atoms with Crippen molar-refractivity contribution >= 4 is 5.95 Å². The van der Waals surface area contributed by atoms with E-state index in [0.717, 1.165) is 45.2 Å². The minimum absolute atomic E-state index is 0.109. The lowest BCUT2D eigenvalue weighted by atomic mass is 9.89. The van der Waals surface area contributed by atoms with E-state index in [9.17, 15) is 0 Å². The van der Waals surface area contributed by atoms with Crippen LogP contribution in [0.5, 0.6) is 0 Å². The summed E-state index contributed by atoms with van der Waals surface area (Å²) in [4.78, 5) is 13.7. The molecule has 1 aromatic heterocycles. The van der Waals surface area contributed by atoms with Gasteiger partial charge in [-0.05, 0) is 11.0 Å². The zero-order chi connectivity index (χ0) is 13.9. The Bertz CT molecular complexity index is 387. The molecule has 1 aromatic rings. The molecule has 1 aliphatic rings. The topological polar surface area (TPSA) is 58.3 Å². The van der Waals surface area contributed by atoms with Crippen molar-refractivity contribution in [1.82, 2.24) is 14.9 Å². The van der Waals surface area contributed by atoms with Crippen LogP contribution in [0.25, 0.3) is 0 Å². The molecule has 0 amide bonds. The maximum absolute atomic E-state index is 5.58. The minimum Gasteiger partial charge on any atom is -0.338 e. The van der Waals surface area contributed by atoms with Crippen LogP contribution in [0.4, 0.5) is 5.95 Å². The first-order valence-corrected chi connectivity index (χ1v) is 7.00. The maximum Gasteiger partial charge on any atom is 0.225 e. The van der Waals surface area contributed by atoms with Crippen molar-refractivity contribution in [2.45, 2.75) is 26.2 Å². The van der Waals surface area contributed by atoms with Gasteiger partial charge in [0.05, 0.1) is 0 Å². The summed E-state index contributed by atoms with van der Waals surface area (Å²) >= 11 is 0. The molecule has 19 heavy (non-hydrogen) atoms. The Morgan fingerprint density at radius 1 is 1.11 bits per heavy atom. The fraction of sp³-hybridized carbons (Fsp3) is 0.714. The van der Waals surface area contributed by atoms with Gasteiger partial charge in [-0.25, -0.2) is 9.97 Å². The third-order valence-electron chi connectivity index (χ3n) is 3.60. The monoisotopic (exact) mass is 263 g/mol. The summed E-state index contributed by atoms with van der Waals surface area (Å²) in [5.74, 6) is 0.848. The Morgan fingerprint density at radius 2 is 1.68 bits per heavy atom. The van der Waals surface area contributed by atoms with Crippen LogP contribution in [-0.2, 0) is 5.41 Å². The van der Waals surface area contributed by atoms with Gasteiger partial charge in [0.25, 0.3) is 0 Å². The number of aromatic nitrogens is 2. The highest BCUT2D eigenvalue weighted by atomic mass is 15.3. The Kier molecular flexibility index (Phi) is 4.37. The van der Waals surface area contributed by atoms with Gasteiger partial charge in [-0.15, -0.1) is 0 Å². The zero-order valence-electron chi connectivity index (χ0n) is 12.3. The first kappa shape index (κ1) is 14.2. The van der Waals surface area contributed by atoms with E-state index in [1.807, 2.05) is 12.4 Å². The number of rotatable bonds is 3. The van der Waals surface area contributed by atoms with E-state index < -0.39 is 0 Å². The van der Waals surface area contributed by atoms with Crippen LogP contribution in [0, 0.1) is 0 Å². The van der Waals surface area contributed by atoms with E-state index in [2.05, 4.69) is 40.5 Å². The lowest BCUT2D eigenvalue weighted by Crippen LogP contribution is -2.48. The highest BCUT2D eigenvalue weighted by molar-refractivity contribution is 5.32. The van der Waals surface area contributed by atoms with Crippen molar-refractivity contribution in [3.8, 4) is 0 Å². The molecular weight excluding hydrogens is 238 g/mol. The molecule has 5 nitrogen and oxygen atoms in total. The second kappa shape index (κ2) is 5.84. The van der Waals surface area contributed by atoms with Gasteiger partial charge < -0.3 is 10.6 Å². The highest BCUT2D eigenvalue weighted by Gasteiger charge is 2.19. The van der Waals surface area contributed by atoms with Gasteiger partial charge in [0, 0.05) is 51.7 Å². The standard InChI is InChI=1S/C14H25N5/c1-14(2,3)12-10-16-13(17-11-12)19-8-6-18(5-4-15)7-9-19/h10-11H,4-9,15H2,1-3H3. The van der Waals surface area contributed by atoms with Crippen molar-refractivity contribution in [3.05, 3.63) is 18.0 Å². The predicted octanol–water partition coefficient (Wildman–Crippen LogP) is 0.855. The summed E-state index contributed by atoms with van der Waals surface area (Å²) in [6.45, 7) is 12.3. The summed E-state index contributed by atoms with van der Waals surface area (Å²) < 4.78 is 0. The number of piperazine rings is 1. The molecule has 0 atom stereocenters. The Balaban J connectivity index is 1.97. The number of hydrogen-bond donors (Lipinski definition) is 1. The van der Waals surface area contributed by atoms with Crippen LogP contribution in [0.1, 0.15) is 26.3 Å². The molecule has 0 aromatic carbocycles. The predicted molar refractivity (Wildman–Crippen MR) is 78.4 cm³/mol. The molecule has 2 rings (SSSR count). The molecule has 0 unspecified atom stereocenters. The van der Waals surface area contributed by atoms with Crippen molar-refractivity contribution in [3.63, 3.8) is 0 Å². The van der Waals surface area contributed by atoms with E-state index in [0.29, 0.717) is 0 Å². The van der Waals surface area contributed by atoms with Gasteiger partial charge in [-0.1, -0.05) is 20.8 Å². The minimum atomic E-state index is 0.109. The zero-order valence-corrected chi connectivity index (χ0v) is 12.3. The van der Waals surface area contributed by atoms with E-state index in [4.69, 9.17) is 5.73 Å². The number of hydrogen-bond acceptors (Lipinski definition) is 5. The first-order chi connectivity index (χ1) is 9.00. The average molecular weight is 263 g/mol. The normalized spacial score (nSPS) is 17.8. The molecule has 1 aliphatic heterocycles. The lowest BCUT2D eigenvalue weighted by molar-refractivity contribution is 0.263. The van der Waals surface area contributed by atoms with E-state index in [1.165, 1.54) is 5.56 Å². The summed E-state index contributed by atoms with van der Waals surface area (Å²) in [5.41, 5.74) is 6.87. The van der Waals surface area contributed by atoms with Gasteiger partial charge in [-0.3, -0.25) is 4.90 Å². The lowest BCUT2D eigenvalue weighted by Gasteiger charge is -2.34. The first-order valence-electron chi connectivity index (χ1n) is 7.00. The van der Waals surface area contributed by atoms with Gasteiger partial charge in [-0.2, -0.15) is 0 Å². The SMILES string of the molecule is CC(C)(C)c1cnc(N2CCN(CCN)CC2)nc1. The number of nitrogens with two attached hydrogens (primary N) is 1. The molecule has 5 heteroatoms. The third kappa shape index (κ3) is 3.64. The van der Waals surface area contributed by atoms with Gasteiger partial charge >= 0.3 is 0 Å². The van der Waals surface area contributed by atoms with Crippen LogP contribution < -0.4 is 10.6 Å². The van der Waals surface area contributed by atoms with Crippen molar-refractivity contribution in [2.24, 2.45) is 5.73 Å². The van der Waals surface area contributed by atoms with E-state index in [1.54, 1.807) is 0 Å². The van der Waals surface area contributed by atoms with Gasteiger partial charge in [0.2, 0.25) is 5.95 Å². The molecular formula is C14H25N5. The molecule has 1 saturated heterocycles. The second-order valence-electron chi connectivity index (χ2n) is 6.14. The molecule has 2 heterocycles. The molecule has 0 radical (unpaired) electrons. The van der Waals surface area contributed by atoms with Gasteiger partial charge in [0.1, 0.15) is 0 Å². The number of anilines is 1. The highest BCUT2D eigenvalue weighted by Crippen LogP contribution is 2.21. The van der Waals surface area contributed by atoms with Crippen LogP contribution in [-0.4, -0.2) is 54.1 Å². The van der Waals surface area contributed by atoms with E-state index in [-0.39, 0.29) is 5.41 Å². The molecule has 0 bridgehead atoms. The van der Waals surface area contributed by atoms with Crippen LogP contribution in [0.15, 0.2) is 12.4 Å². The third-order valence-corrected chi connectivity index (χ3v) is 3.60. The van der Waals surface area contributed by atoms with E-state index >= 15 is 0 Å². The largest absolute Gasteiger partial charge is 0.338 e. The molecule has 1 fully saturated rings. The Morgan fingerprint density at radius 3 is 2.16 bits per heavy atom. The molecule has 2 N–H and O–H groups in total. The van der Waals surface area contributed by atoms with Crippen molar-refractivity contribution in [1.29, 1.82) is 0 Å².